The van der Waals surface area contributed by atoms with E-state index in [2.05, 4.69) is 48.8 Å². The predicted octanol–water partition coefficient (Wildman–Crippen LogP) is 5.66. The monoisotopic (exact) mass is 508 g/mol. The fourth-order valence-electron chi connectivity index (χ4n) is 5.22. The number of allylic oxidation sites excluding steroid dienone is 1. The Morgan fingerprint density at radius 2 is 1.65 bits per heavy atom. The van der Waals surface area contributed by atoms with Gasteiger partial charge in [-0.2, -0.15) is 0 Å². The van der Waals surface area contributed by atoms with Crippen molar-refractivity contribution >= 4 is 5.57 Å². The summed E-state index contributed by atoms with van der Waals surface area (Å²) in [4.78, 5) is 2.06. The number of hydrogen-bond acceptors (Lipinski definition) is 6. The van der Waals surface area contributed by atoms with Crippen molar-refractivity contribution in [3.8, 4) is 11.5 Å². The Morgan fingerprint density at radius 1 is 1.00 bits per heavy atom. The largest absolute Gasteiger partial charge is 0.493 e. The molecule has 1 atom stereocenters. The van der Waals surface area contributed by atoms with Crippen LogP contribution in [0.2, 0.25) is 0 Å². The fraction of sp³-hybridized carbons (Fsp3) is 0.548. The van der Waals surface area contributed by atoms with Gasteiger partial charge in [-0.15, -0.1) is 0 Å². The molecule has 0 amide bonds. The first kappa shape index (κ1) is 27.6. The smallest absolute Gasteiger partial charge is 0.137 e. The van der Waals surface area contributed by atoms with Crippen molar-refractivity contribution in [2.24, 2.45) is 0 Å². The average Bonchev–Trinajstić information content (AvgIpc) is 3.32. The predicted molar refractivity (Wildman–Crippen MR) is 149 cm³/mol. The number of nitrogens with zero attached hydrogens (tertiary/aromatic N) is 1. The number of hydrogen-bond donors (Lipinski definition) is 3. The average molecular weight is 509 g/mol. The molecule has 2 aliphatic rings. The molecule has 6 nitrogen and oxygen atoms in total. The second-order valence-corrected chi connectivity index (χ2v) is 10.6. The van der Waals surface area contributed by atoms with Crippen LogP contribution in [-0.2, 0) is 18.7 Å². The van der Waals surface area contributed by atoms with Crippen molar-refractivity contribution in [2.45, 2.75) is 84.2 Å². The molecular weight excluding hydrogens is 464 g/mol. The van der Waals surface area contributed by atoms with Gasteiger partial charge in [0.05, 0.1) is 18.8 Å². The van der Waals surface area contributed by atoms with E-state index in [0.717, 1.165) is 72.3 Å². The highest BCUT2D eigenvalue weighted by atomic mass is 16.5. The van der Waals surface area contributed by atoms with E-state index in [1.807, 2.05) is 19.1 Å². The first-order valence-corrected chi connectivity index (χ1v) is 13.9. The van der Waals surface area contributed by atoms with Gasteiger partial charge in [0.1, 0.15) is 17.7 Å². The van der Waals surface area contributed by atoms with Crippen molar-refractivity contribution in [3.05, 3.63) is 64.7 Å². The molecule has 37 heavy (non-hydrogen) atoms. The zero-order chi connectivity index (χ0) is 26.4. The Kier molecular flexibility index (Phi) is 9.30. The zero-order valence-electron chi connectivity index (χ0n) is 22.8. The van der Waals surface area contributed by atoms with Gasteiger partial charge >= 0.3 is 0 Å². The maximum atomic E-state index is 11.6. The standard InChI is InChI=1S/C31H44N2O4/c1-5-7-15-36-28-19-29(37-16-8-6-2)27(18-26(28)22(3)4)30(34)33-20-23-9-10-25(17-24(23)21-33)31(35)11-13-32-14-12-31/h9-10,17-19,30,32,34-35H,3,5-8,11-16,20-21H2,1-2,4H3. The maximum absolute atomic E-state index is 11.6. The Labute approximate surface area is 222 Å². The summed E-state index contributed by atoms with van der Waals surface area (Å²) in [5.74, 6) is 1.42. The minimum absolute atomic E-state index is 0.591. The summed E-state index contributed by atoms with van der Waals surface area (Å²) in [5.41, 5.74) is 5.08. The van der Waals surface area contributed by atoms with E-state index in [-0.39, 0.29) is 0 Å². The van der Waals surface area contributed by atoms with E-state index in [1.165, 1.54) is 5.56 Å². The van der Waals surface area contributed by atoms with E-state index in [0.29, 0.717) is 44.9 Å². The highest BCUT2D eigenvalue weighted by Gasteiger charge is 2.34. The molecule has 1 unspecified atom stereocenters. The highest BCUT2D eigenvalue weighted by Crippen LogP contribution is 2.41. The molecule has 202 valence electrons. The summed E-state index contributed by atoms with van der Waals surface area (Å²) in [5, 5.41) is 26.2. The van der Waals surface area contributed by atoms with Crippen LogP contribution in [0.3, 0.4) is 0 Å². The molecule has 0 radical (unpaired) electrons. The van der Waals surface area contributed by atoms with Gasteiger partial charge in [0, 0.05) is 30.3 Å². The van der Waals surface area contributed by atoms with Gasteiger partial charge in [-0.25, -0.2) is 0 Å². The first-order chi connectivity index (χ1) is 17.9. The Balaban J connectivity index is 1.60. The minimum Gasteiger partial charge on any atom is -0.493 e. The molecule has 6 heteroatoms. The molecule has 2 heterocycles. The third kappa shape index (κ3) is 6.37. The molecule has 2 aromatic carbocycles. The molecule has 0 saturated carbocycles. The van der Waals surface area contributed by atoms with Gasteiger partial charge in [0.15, 0.2) is 0 Å². The molecular formula is C31H44N2O4. The lowest BCUT2D eigenvalue weighted by molar-refractivity contribution is -0.00392. The van der Waals surface area contributed by atoms with E-state index in [9.17, 15) is 10.2 Å². The molecule has 3 N–H and O–H groups in total. The number of ether oxygens (including phenoxy) is 2. The molecule has 1 fully saturated rings. The van der Waals surface area contributed by atoms with E-state index in [4.69, 9.17) is 9.47 Å². The Bertz CT molecular complexity index is 1080. The van der Waals surface area contributed by atoms with Crippen molar-refractivity contribution in [1.29, 1.82) is 0 Å². The van der Waals surface area contributed by atoms with Crippen LogP contribution in [0.15, 0.2) is 36.9 Å². The third-order valence-electron chi connectivity index (χ3n) is 7.63. The summed E-state index contributed by atoms with van der Waals surface area (Å²) >= 11 is 0. The number of nitrogens with one attached hydrogen (secondary N) is 1. The highest BCUT2D eigenvalue weighted by molar-refractivity contribution is 5.69. The number of aliphatic hydroxyl groups is 2. The van der Waals surface area contributed by atoms with Gasteiger partial charge in [0.2, 0.25) is 0 Å². The number of unbranched alkanes of at least 4 members (excludes halogenated alkanes) is 2. The van der Waals surface area contributed by atoms with Crippen LogP contribution < -0.4 is 14.8 Å². The van der Waals surface area contributed by atoms with Crippen LogP contribution in [0.5, 0.6) is 11.5 Å². The van der Waals surface area contributed by atoms with Gasteiger partial charge in [-0.3, -0.25) is 4.90 Å². The number of benzene rings is 2. The summed E-state index contributed by atoms with van der Waals surface area (Å²) in [6.07, 6.45) is 4.61. The van der Waals surface area contributed by atoms with Crippen molar-refractivity contribution < 1.29 is 19.7 Å². The van der Waals surface area contributed by atoms with Crippen molar-refractivity contribution in [3.63, 3.8) is 0 Å². The first-order valence-electron chi connectivity index (χ1n) is 13.9. The normalized spacial score (nSPS) is 17.9. The maximum Gasteiger partial charge on any atom is 0.137 e. The van der Waals surface area contributed by atoms with Crippen LogP contribution in [0.25, 0.3) is 5.57 Å². The second kappa shape index (κ2) is 12.4. The Hall–Kier alpha value is -2.38. The summed E-state index contributed by atoms with van der Waals surface area (Å²) in [6.45, 7) is 14.5. The van der Waals surface area contributed by atoms with Crippen LogP contribution in [-0.4, -0.2) is 41.4 Å². The van der Waals surface area contributed by atoms with Gasteiger partial charge in [-0.05, 0) is 74.0 Å². The minimum atomic E-state index is -0.836. The molecule has 1 saturated heterocycles. The molecule has 4 rings (SSSR count). The Morgan fingerprint density at radius 3 is 2.30 bits per heavy atom. The summed E-state index contributed by atoms with van der Waals surface area (Å²) < 4.78 is 12.3. The topological polar surface area (TPSA) is 74.2 Å². The molecule has 2 aromatic rings. The summed E-state index contributed by atoms with van der Waals surface area (Å²) in [6, 6.07) is 10.2. The number of fused-ring (bicyclic) bond motifs is 1. The zero-order valence-corrected chi connectivity index (χ0v) is 22.8. The number of piperidine rings is 1. The fourth-order valence-corrected chi connectivity index (χ4v) is 5.22. The molecule has 2 aliphatic heterocycles. The molecule has 0 aromatic heterocycles. The molecule has 0 bridgehead atoms. The lowest BCUT2D eigenvalue weighted by Crippen LogP contribution is -2.39. The van der Waals surface area contributed by atoms with Crippen molar-refractivity contribution in [2.75, 3.05) is 26.3 Å². The summed E-state index contributed by atoms with van der Waals surface area (Å²) in [7, 11) is 0. The number of rotatable bonds is 12. The van der Waals surface area contributed by atoms with Crippen LogP contribution in [0, 0.1) is 0 Å². The van der Waals surface area contributed by atoms with E-state index >= 15 is 0 Å². The molecule has 0 aliphatic carbocycles. The lowest BCUT2D eigenvalue weighted by atomic mass is 9.84. The van der Waals surface area contributed by atoms with Gasteiger partial charge in [-0.1, -0.05) is 51.5 Å². The molecule has 0 spiro atoms. The van der Waals surface area contributed by atoms with Gasteiger partial charge in [0.25, 0.3) is 0 Å². The van der Waals surface area contributed by atoms with Crippen LogP contribution in [0.1, 0.15) is 93.3 Å². The number of aliphatic hydroxyl groups excluding tert-OH is 1. The van der Waals surface area contributed by atoms with Crippen molar-refractivity contribution in [1.82, 2.24) is 10.2 Å². The lowest BCUT2D eigenvalue weighted by Gasteiger charge is -2.33. The van der Waals surface area contributed by atoms with E-state index < -0.39 is 11.8 Å². The van der Waals surface area contributed by atoms with Gasteiger partial charge < -0.3 is 25.0 Å². The second-order valence-electron chi connectivity index (χ2n) is 10.6. The van der Waals surface area contributed by atoms with E-state index in [1.54, 1.807) is 0 Å². The van der Waals surface area contributed by atoms with Crippen LogP contribution >= 0.6 is 0 Å². The van der Waals surface area contributed by atoms with Crippen LogP contribution in [0.4, 0.5) is 0 Å². The SMILES string of the molecule is C=C(C)c1cc(C(O)N2Cc3ccc(C4(O)CCNCC4)cc3C2)c(OCCCC)cc1OCCCC. The third-order valence-corrected chi connectivity index (χ3v) is 7.63. The quantitative estimate of drug-likeness (QED) is 0.322.